The third-order valence-electron chi connectivity index (χ3n) is 2.94. The molecule has 0 amide bonds. The lowest BCUT2D eigenvalue weighted by molar-refractivity contribution is -0.106. The van der Waals surface area contributed by atoms with Crippen molar-refractivity contribution in [2.24, 2.45) is 0 Å². The summed E-state index contributed by atoms with van der Waals surface area (Å²) in [5.41, 5.74) is 0.990. The number of ether oxygens (including phenoxy) is 2. The zero-order valence-corrected chi connectivity index (χ0v) is 13.5. The van der Waals surface area contributed by atoms with E-state index in [1.807, 2.05) is 38.1 Å². The molecule has 0 unspecified atom stereocenters. The van der Waals surface area contributed by atoms with E-state index >= 15 is 0 Å². The van der Waals surface area contributed by atoms with E-state index < -0.39 is 0 Å². The third-order valence-corrected chi connectivity index (χ3v) is 3.94. The second kappa shape index (κ2) is 7.59. The number of rotatable bonds is 7. The Hall–Kier alpha value is -1.37. The van der Waals surface area contributed by atoms with Crippen molar-refractivity contribution in [2.75, 3.05) is 14.2 Å². The fourth-order valence-electron chi connectivity index (χ4n) is 1.80. The average Bonchev–Trinajstić information content (AvgIpc) is 2.97. The van der Waals surface area contributed by atoms with Crippen LogP contribution >= 0.6 is 11.8 Å². The molecule has 1 aromatic carbocycles. The summed E-state index contributed by atoms with van der Waals surface area (Å²) in [6.07, 6.45) is -0.325. The molecule has 1 heterocycles. The first kappa shape index (κ1) is 16.0. The minimum absolute atomic E-state index is 0.284. The zero-order chi connectivity index (χ0) is 15.2. The summed E-state index contributed by atoms with van der Waals surface area (Å²) in [6.45, 7) is 4.09. The van der Waals surface area contributed by atoms with Crippen molar-refractivity contribution < 1.29 is 14.0 Å². The van der Waals surface area contributed by atoms with E-state index in [0.717, 1.165) is 16.3 Å². The van der Waals surface area contributed by atoms with Gasteiger partial charge in [0.05, 0.1) is 5.75 Å². The van der Waals surface area contributed by atoms with Crippen molar-refractivity contribution >= 4 is 11.8 Å². The number of methoxy groups -OCH3 is 2. The molecule has 0 saturated heterocycles. The van der Waals surface area contributed by atoms with E-state index in [9.17, 15) is 0 Å². The molecule has 0 radical (unpaired) electrons. The first-order valence-electron chi connectivity index (χ1n) is 6.75. The Labute approximate surface area is 129 Å². The van der Waals surface area contributed by atoms with E-state index in [-0.39, 0.29) is 12.2 Å². The second-order valence-electron chi connectivity index (χ2n) is 4.86. The topological polar surface area (TPSA) is 57.4 Å². The molecule has 0 fully saturated rings. The number of hydrogen-bond donors (Lipinski definition) is 0. The highest BCUT2D eigenvalue weighted by atomic mass is 32.2. The lowest BCUT2D eigenvalue weighted by Gasteiger charge is -2.13. The molecule has 0 spiro atoms. The molecule has 0 aliphatic rings. The number of hydrogen-bond acceptors (Lipinski definition) is 6. The van der Waals surface area contributed by atoms with Crippen LogP contribution in [-0.2, 0) is 15.2 Å². The van der Waals surface area contributed by atoms with Gasteiger partial charge in [0.1, 0.15) is 0 Å². The minimum Gasteiger partial charge on any atom is -0.352 e. The molecule has 0 atom stereocenters. The van der Waals surface area contributed by atoms with Crippen LogP contribution in [0.15, 0.2) is 33.7 Å². The van der Waals surface area contributed by atoms with Crippen LogP contribution in [0.4, 0.5) is 0 Å². The average molecular weight is 308 g/mol. The van der Waals surface area contributed by atoms with Crippen molar-refractivity contribution in [2.45, 2.75) is 36.7 Å². The molecular formula is C15H20N2O3S. The molecule has 2 aromatic rings. The fraction of sp³-hybridized carbons (Fsp3) is 0.467. The molecule has 1 aromatic heterocycles. The molecule has 21 heavy (non-hydrogen) atoms. The molecule has 0 bridgehead atoms. The Morgan fingerprint density at radius 1 is 1.14 bits per heavy atom. The lowest BCUT2D eigenvalue weighted by atomic mass is 10.2. The molecule has 0 N–H and O–H groups in total. The van der Waals surface area contributed by atoms with Crippen LogP contribution in [-0.4, -0.2) is 24.4 Å². The normalized spacial score (nSPS) is 11.5. The van der Waals surface area contributed by atoms with Crippen LogP contribution in [0.3, 0.4) is 0 Å². The van der Waals surface area contributed by atoms with Crippen molar-refractivity contribution in [3.05, 3.63) is 41.5 Å². The van der Waals surface area contributed by atoms with E-state index in [1.165, 1.54) is 0 Å². The number of aromatic nitrogens is 2. The minimum atomic E-state index is -0.325. The maximum atomic E-state index is 5.22. The van der Waals surface area contributed by atoms with Crippen LogP contribution < -0.4 is 0 Å². The zero-order valence-electron chi connectivity index (χ0n) is 12.7. The predicted molar refractivity (Wildman–Crippen MR) is 81.1 cm³/mol. The summed E-state index contributed by atoms with van der Waals surface area (Å²) in [5.74, 6) is 2.35. The van der Waals surface area contributed by atoms with Gasteiger partial charge in [-0.15, -0.1) is 11.8 Å². The van der Waals surface area contributed by atoms with Crippen molar-refractivity contribution in [3.8, 4) is 0 Å². The van der Waals surface area contributed by atoms with Crippen LogP contribution in [0.2, 0.25) is 0 Å². The summed E-state index contributed by atoms with van der Waals surface area (Å²) in [5, 5.41) is 3.95. The molecule has 114 valence electrons. The SMILES string of the molecule is COC(OC)c1ccc(SCc2nc(C(C)C)no2)cc1. The van der Waals surface area contributed by atoms with Gasteiger partial charge in [-0.05, 0) is 12.1 Å². The first-order chi connectivity index (χ1) is 10.1. The molecule has 6 heteroatoms. The standard InChI is InChI=1S/C15H20N2O3S/c1-10(2)14-16-13(20-17-14)9-21-12-7-5-11(6-8-12)15(18-3)19-4/h5-8,10,15H,9H2,1-4H3. The lowest BCUT2D eigenvalue weighted by Crippen LogP contribution is -2.02. The molecule has 2 rings (SSSR count). The first-order valence-corrected chi connectivity index (χ1v) is 7.73. The number of thioether (sulfide) groups is 1. The summed E-state index contributed by atoms with van der Waals surface area (Å²) >= 11 is 1.66. The van der Waals surface area contributed by atoms with Crippen molar-refractivity contribution in [1.29, 1.82) is 0 Å². The Bertz CT molecular complexity index is 550. The summed E-state index contributed by atoms with van der Waals surface area (Å²) in [6, 6.07) is 8.05. The highest BCUT2D eigenvalue weighted by Crippen LogP contribution is 2.25. The number of benzene rings is 1. The van der Waals surface area contributed by atoms with Crippen LogP contribution in [0.1, 0.15) is 43.3 Å². The second-order valence-corrected chi connectivity index (χ2v) is 5.91. The van der Waals surface area contributed by atoms with Gasteiger partial charge >= 0.3 is 0 Å². The third kappa shape index (κ3) is 4.30. The highest BCUT2D eigenvalue weighted by Gasteiger charge is 2.11. The molecule has 5 nitrogen and oxygen atoms in total. The van der Waals surface area contributed by atoms with Gasteiger partial charge in [-0.2, -0.15) is 4.98 Å². The maximum Gasteiger partial charge on any atom is 0.237 e. The smallest absolute Gasteiger partial charge is 0.237 e. The maximum absolute atomic E-state index is 5.22. The quantitative estimate of drug-likeness (QED) is 0.573. The van der Waals surface area contributed by atoms with Gasteiger partial charge in [0.25, 0.3) is 0 Å². The van der Waals surface area contributed by atoms with Gasteiger partial charge in [-0.25, -0.2) is 0 Å². The van der Waals surface area contributed by atoms with Gasteiger partial charge in [0, 0.05) is 30.6 Å². The molecule has 0 aliphatic carbocycles. The predicted octanol–water partition coefficient (Wildman–Crippen LogP) is 3.78. The van der Waals surface area contributed by atoms with Gasteiger partial charge in [0.15, 0.2) is 12.1 Å². The van der Waals surface area contributed by atoms with Gasteiger partial charge in [-0.1, -0.05) is 31.1 Å². The van der Waals surface area contributed by atoms with E-state index in [1.54, 1.807) is 26.0 Å². The largest absolute Gasteiger partial charge is 0.352 e. The van der Waals surface area contributed by atoms with Crippen LogP contribution in [0.5, 0.6) is 0 Å². The molecule has 0 saturated carbocycles. The Balaban J connectivity index is 1.94. The summed E-state index contributed by atoms with van der Waals surface area (Å²) in [7, 11) is 3.25. The van der Waals surface area contributed by atoms with Gasteiger partial charge in [0.2, 0.25) is 5.89 Å². The molecule has 0 aliphatic heterocycles. The van der Waals surface area contributed by atoms with Crippen LogP contribution in [0, 0.1) is 0 Å². The number of nitrogens with zero attached hydrogens (tertiary/aromatic N) is 2. The fourth-order valence-corrected chi connectivity index (χ4v) is 2.53. The summed E-state index contributed by atoms with van der Waals surface area (Å²) in [4.78, 5) is 5.49. The van der Waals surface area contributed by atoms with Crippen molar-refractivity contribution in [3.63, 3.8) is 0 Å². The van der Waals surface area contributed by atoms with Crippen LogP contribution in [0.25, 0.3) is 0 Å². The highest BCUT2D eigenvalue weighted by molar-refractivity contribution is 7.98. The van der Waals surface area contributed by atoms with E-state index in [4.69, 9.17) is 14.0 Å². The van der Waals surface area contributed by atoms with Gasteiger partial charge < -0.3 is 14.0 Å². The van der Waals surface area contributed by atoms with E-state index in [2.05, 4.69) is 10.1 Å². The molecular weight excluding hydrogens is 288 g/mol. The van der Waals surface area contributed by atoms with Crippen molar-refractivity contribution in [1.82, 2.24) is 10.1 Å². The monoisotopic (exact) mass is 308 g/mol. The van der Waals surface area contributed by atoms with Gasteiger partial charge in [-0.3, -0.25) is 0 Å². The summed E-state index contributed by atoms with van der Waals surface area (Å²) < 4.78 is 15.7. The van der Waals surface area contributed by atoms with E-state index in [0.29, 0.717) is 11.6 Å². The Kier molecular flexibility index (Phi) is 5.78. The Morgan fingerprint density at radius 3 is 2.33 bits per heavy atom. The Morgan fingerprint density at radius 2 is 1.81 bits per heavy atom.